The highest BCUT2D eigenvalue weighted by Gasteiger charge is 2.29. The lowest BCUT2D eigenvalue weighted by Gasteiger charge is -2.14. The molecule has 1 amide bonds. The Labute approximate surface area is 128 Å². The van der Waals surface area contributed by atoms with Gasteiger partial charge in [0.15, 0.2) is 0 Å². The Bertz CT molecular complexity index is 775. The van der Waals surface area contributed by atoms with Crippen molar-refractivity contribution < 1.29 is 9.53 Å². The number of amides is 1. The molecular formula is C17H20N2O3. The summed E-state index contributed by atoms with van der Waals surface area (Å²) >= 11 is 0. The van der Waals surface area contributed by atoms with Crippen molar-refractivity contribution in [3.05, 3.63) is 40.3 Å². The Morgan fingerprint density at radius 2 is 2.14 bits per heavy atom. The number of hydrogen-bond donors (Lipinski definition) is 1. The molecular weight excluding hydrogens is 280 g/mol. The van der Waals surface area contributed by atoms with Crippen molar-refractivity contribution in [2.75, 3.05) is 13.7 Å². The van der Waals surface area contributed by atoms with Gasteiger partial charge >= 0.3 is 0 Å². The fourth-order valence-corrected chi connectivity index (χ4v) is 2.64. The van der Waals surface area contributed by atoms with Crippen molar-refractivity contribution in [2.24, 2.45) is 0 Å². The molecule has 0 aliphatic heterocycles. The summed E-state index contributed by atoms with van der Waals surface area (Å²) in [5.41, 5.74) is 0.353. The minimum absolute atomic E-state index is 0.0932. The Kier molecular flexibility index (Phi) is 3.88. The van der Waals surface area contributed by atoms with Crippen molar-refractivity contribution in [2.45, 2.75) is 32.2 Å². The third-order valence-electron chi connectivity index (χ3n) is 3.94. The average molecular weight is 300 g/mol. The van der Waals surface area contributed by atoms with Crippen LogP contribution >= 0.6 is 0 Å². The minimum atomic E-state index is -0.185. The van der Waals surface area contributed by atoms with E-state index in [1.54, 1.807) is 35.9 Å². The van der Waals surface area contributed by atoms with Crippen molar-refractivity contribution in [3.63, 3.8) is 0 Å². The number of fused-ring (bicyclic) bond motifs is 1. The molecule has 0 unspecified atom stereocenters. The quantitative estimate of drug-likeness (QED) is 0.923. The number of hydrogen-bond acceptors (Lipinski definition) is 3. The molecule has 0 atom stereocenters. The summed E-state index contributed by atoms with van der Waals surface area (Å²) in [6, 6.07) is 7.29. The van der Waals surface area contributed by atoms with Gasteiger partial charge in [-0.3, -0.25) is 9.59 Å². The van der Waals surface area contributed by atoms with Gasteiger partial charge in [-0.25, -0.2) is 0 Å². The third-order valence-corrected chi connectivity index (χ3v) is 3.94. The molecule has 1 aromatic carbocycles. The van der Waals surface area contributed by atoms with Gasteiger partial charge in [0.25, 0.3) is 11.5 Å². The molecule has 5 heteroatoms. The van der Waals surface area contributed by atoms with E-state index in [1.165, 1.54) is 0 Å². The molecule has 5 nitrogen and oxygen atoms in total. The van der Waals surface area contributed by atoms with Crippen molar-refractivity contribution in [3.8, 4) is 5.75 Å². The van der Waals surface area contributed by atoms with Crippen molar-refractivity contribution in [1.29, 1.82) is 0 Å². The topological polar surface area (TPSA) is 60.3 Å². The molecule has 0 saturated heterocycles. The molecule has 3 rings (SSSR count). The van der Waals surface area contributed by atoms with Gasteiger partial charge in [-0.15, -0.1) is 0 Å². The van der Waals surface area contributed by atoms with E-state index in [4.69, 9.17) is 4.74 Å². The highest BCUT2D eigenvalue weighted by molar-refractivity contribution is 5.97. The smallest absolute Gasteiger partial charge is 0.268 e. The second-order valence-corrected chi connectivity index (χ2v) is 5.64. The molecule has 0 bridgehead atoms. The molecule has 0 spiro atoms. The van der Waals surface area contributed by atoms with Crippen LogP contribution in [0.15, 0.2) is 29.1 Å². The Hall–Kier alpha value is -2.30. The molecule has 1 aromatic heterocycles. The monoisotopic (exact) mass is 300 g/mol. The Morgan fingerprint density at radius 1 is 1.36 bits per heavy atom. The van der Waals surface area contributed by atoms with Crippen LogP contribution in [0.1, 0.15) is 42.7 Å². The number of pyridine rings is 1. The second-order valence-electron chi connectivity index (χ2n) is 5.64. The van der Waals surface area contributed by atoms with Gasteiger partial charge in [0.1, 0.15) is 11.4 Å². The number of benzene rings is 1. The largest absolute Gasteiger partial charge is 0.497 e. The van der Waals surface area contributed by atoms with Gasteiger partial charge in [-0.1, -0.05) is 6.92 Å². The van der Waals surface area contributed by atoms with Gasteiger partial charge in [-0.2, -0.15) is 0 Å². The number of rotatable bonds is 5. The normalized spacial score (nSPS) is 14.1. The molecule has 2 aromatic rings. The van der Waals surface area contributed by atoms with E-state index in [9.17, 15) is 9.59 Å². The lowest BCUT2D eigenvalue weighted by Crippen LogP contribution is -2.32. The number of nitrogens with one attached hydrogen (secondary N) is 1. The summed E-state index contributed by atoms with van der Waals surface area (Å²) < 4.78 is 6.86. The van der Waals surface area contributed by atoms with Gasteiger partial charge in [-0.05, 0) is 48.9 Å². The van der Waals surface area contributed by atoms with Crippen LogP contribution < -0.4 is 15.6 Å². The lowest BCUT2D eigenvalue weighted by molar-refractivity contribution is 0.0943. The standard InChI is InChI=1S/C17H20N2O3/c1-3-8-18-16(20)15-10-11-9-13(22-2)6-7-14(11)17(21)19(15)12-4-5-12/h6-7,9-10,12H,3-5,8H2,1-2H3,(H,18,20). The predicted molar refractivity (Wildman–Crippen MR) is 85.7 cm³/mol. The summed E-state index contributed by atoms with van der Waals surface area (Å²) in [6.07, 6.45) is 2.77. The van der Waals surface area contributed by atoms with Crippen LogP contribution in [0.2, 0.25) is 0 Å². The molecule has 0 radical (unpaired) electrons. The van der Waals surface area contributed by atoms with E-state index in [-0.39, 0.29) is 17.5 Å². The van der Waals surface area contributed by atoms with Gasteiger partial charge < -0.3 is 14.6 Å². The first-order chi connectivity index (χ1) is 10.7. The van der Waals surface area contributed by atoms with E-state index in [0.29, 0.717) is 23.4 Å². The average Bonchev–Trinajstić information content (AvgIpc) is 3.36. The lowest BCUT2D eigenvalue weighted by atomic mass is 10.1. The molecule has 22 heavy (non-hydrogen) atoms. The molecule has 1 N–H and O–H groups in total. The molecule has 1 fully saturated rings. The third kappa shape index (κ3) is 2.58. The highest BCUT2D eigenvalue weighted by Crippen LogP contribution is 2.35. The SMILES string of the molecule is CCCNC(=O)c1cc2cc(OC)ccc2c(=O)n1C1CC1. The first-order valence-electron chi connectivity index (χ1n) is 7.67. The first-order valence-corrected chi connectivity index (χ1v) is 7.67. The van der Waals surface area contributed by atoms with Gasteiger partial charge in [0.2, 0.25) is 0 Å². The zero-order chi connectivity index (χ0) is 15.7. The van der Waals surface area contributed by atoms with E-state index in [2.05, 4.69) is 5.32 Å². The maximum absolute atomic E-state index is 12.8. The van der Waals surface area contributed by atoms with Gasteiger partial charge in [0.05, 0.1) is 7.11 Å². The number of aromatic nitrogens is 1. The van der Waals surface area contributed by atoms with Crippen LogP contribution in [0.5, 0.6) is 5.75 Å². The molecule has 1 heterocycles. The van der Waals surface area contributed by atoms with Crippen LogP contribution in [0.25, 0.3) is 10.8 Å². The number of carbonyl (C=O) groups excluding carboxylic acids is 1. The summed E-state index contributed by atoms with van der Waals surface area (Å²) in [4.78, 5) is 25.2. The maximum Gasteiger partial charge on any atom is 0.268 e. The van der Waals surface area contributed by atoms with E-state index in [0.717, 1.165) is 24.6 Å². The van der Waals surface area contributed by atoms with Crippen LogP contribution in [-0.4, -0.2) is 24.1 Å². The first kappa shape index (κ1) is 14.6. The van der Waals surface area contributed by atoms with Crippen LogP contribution in [-0.2, 0) is 0 Å². The Balaban J connectivity index is 2.17. The van der Waals surface area contributed by atoms with Gasteiger partial charge in [0, 0.05) is 18.0 Å². The van der Waals surface area contributed by atoms with Crippen LogP contribution in [0, 0.1) is 0 Å². The summed E-state index contributed by atoms with van der Waals surface area (Å²) in [5.74, 6) is 0.492. The van der Waals surface area contributed by atoms with E-state index in [1.807, 2.05) is 6.92 Å². The van der Waals surface area contributed by atoms with Crippen LogP contribution in [0.4, 0.5) is 0 Å². The predicted octanol–water partition coefficient (Wildman–Crippen LogP) is 2.48. The number of ether oxygens (including phenoxy) is 1. The van der Waals surface area contributed by atoms with Crippen molar-refractivity contribution >= 4 is 16.7 Å². The molecule has 1 aliphatic carbocycles. The molecule has 1 aliphatic rings. The van der Waals surface area contributed by atoms with Crippen molar-refractivity contribution in [1.82, 2.24) is 9.88 Å². The number of carbonyl (C=O) groups is 1. The fraction of sp³-hybridized carbons (Fsp3) is 0.412. The zero-order valence-corrected chi connectivity index (χ0v) is 12.9. The molecule has 116 valence electrons. The minimum Gasteiger partial charge on any atom is -0.497 e. The second kappa shape index (κ2) is 5.83. The number of nitrogens with zero attached hydrogens (tertiary/aromatic N) is 1. The summed E-state index contributed by atoms with van der Waals surface area (Å²) in [6.45, 7) is 2.60. The number of methoxy groups -OCH3 is 1. The molecule has 1 saturated carbocycles. The van der Waals surface area contributed by atoms with Crippen LogP contribution in [0.3, 0.4) is 0 Å². The fourth-order valence-electron chi connectivity index (χ4n) is 2.64. The van der Waals surface area contributed by atoms with E-state index >= 15 is 0 Å². The van der Waals surface area contributed by atoms with E-state index < -0.39 is 0 Å². The summed E-state index contributed by atoms with van der Waals surface area (Å²) in [5, 5.41) is 4.23. The Morgan fingerprint density at radius 3 is 2.77 bits per heavy atom. The maximum atomic E-state index is 12.8. The zero-order valence-electron chi connectivity index (χ0n) is 12.9. The summed E-state index contributed by atoms with van der Waals surface area (Å²) in [7, 11) is 1.58. The highest BCUT2D eigenvalue weighted by atomic mass is 16.5.